The molecule has 1 aliphatic heterocycles. The average molecular weight is 648 g/mol. The molecule has 1 saturated heterocycles. The quantitative estimate of drug-likeness (QED) is 0.199. The molecule has 0 radical (unpaired) electrons. The number of rotatable bonds is 10. The van der Waals surface area contributed by atoms with Gasteiger partial charge in [-0.3, -0.25) is 9.59 Å². The fraction of sp³-hybridized carbons (Fsp3) is 0.273. The van der Waals surface area contributed by atoms with E-state index in [1.807, 2.05) is 60.7 Å². The number of carboxylic acids is 1. The van der Waals surface area contributed by atoms with Crippen molar-refractivity contribution >= 4 is 45.4 Å². The van der Waals surface area contributed by atoms with Crippen LogP contribution < -0.4 is 4.90 Å². The Hall–Kier alpha value is -3.75. The van der Waals surface area contributed by atoms with Crippen molar-refractivity contribution in [2.24, 2.45) is 0 Å². The molecule has 9 heteroatoms. The summed E-state index contributed by atoms with van der Waals surface area (Å²) in [5.74, 6) is -0.917. The third kappa shape index (κ3) is 7.17. The van der Waals surface area contributed by atoms with Gasteiger partial charge in [-0.2, -0.15) is 0 Å². The van der Waals surface area contributed by atoms with Gasteiger partial charge < -0.3 is 14.9 Å². The minimum atomic E-state index is -1.08. The molecule has 1 atom stereocenters. The van der Waals surface area contributed by atoms with E-state index in [9.17, 15) is 14.7 Å². The van der Waals surface area contributed by atoms with Gasteiger partial charge in [0.1, 0.15) is 6.54 Å². The Labute approximate surface area is 259 Å². The van der Waals surface area contributed by atoms with Gasteiger partial charge >= 0.3 is 5.97 Å². The molecule has 0 saturated carbocycles. The lowest BCUT2D eigenvalue weighted by Gasteiger charge is -2.27. The molecule has 2 heterocycles. The number of hydrogen-bond donors (Lipinski definition) is 1. The predicted molar refractivity (Wildman–Crippen MR) is 168 cm³/mol. The number of aryl methyl sites for hydroxylation is 3. The topological polar surface area (TPSA) is 86.6 Å². The summed E-state index contributed by atoms with van der Waals surface area (Å²) < 4.78 is 0.857. The third-order valence-electron chi connectivity index (χ3n) is 7.62. The lowest BCUT2D eigenvalue weighted by Crippen LogP contribution is -2.36. The van der Waals surface area contributed by atoms with E-state index in [4.69, 9.17) is 16.6 Å². The van der Waals surface area contributed by atoms with Gasteiger partial charge in [0.2, 0.25) is 5.95 Å². The molecule has 42 heavy (non-hydrogen) atoms. The highest BCUT2D eigenvalue weighted by Crippen LogP contribution is 2.35. The van der Waals surface area contributed by atoms with Crippen LogP contribution in [-0.4, -0.2) is 44.9 Å². The summed E-state index contributed by atoms with van der Waals surface area (Å²) in [4.78, 5) is 39.0. The molecule has 1 aliphatic rings. The molecule has 0 aliphatic carbocycles. The Morgan fingerprint density at radius 2 is 1.86 bits per heavy atom. The molecule has 1 unspecified atom stereocenters. The lowest BCUT2D eigenvalue weighted by molar-refractivity contribution is -0.137. The number of benzene rings is 3. The molecule has 1 N–H and O–H groups in total. The first-order chi connectivity index (χ1) is 20.3. The van der Waals surface area contributed by atoms with E-state index >= 15 is 0 Å². The molecule has 7 nitrogen and oxygen atoms in total. The second-order valence-corrected chi connectivity index (χ2v) is 11.9. The number of anilines is 1. The van der Waals surface area contributed by atoms with E-state index in [2.05, 4.69) is 44.9 Å². The number of amides is 1. The molecule has 1 aromatic heterocycles. The maximum Gasteiger partial charge on any atom is 0.323 e. The first-order valence-electron chi connectivity index (χ1n) is 14.0. The Bertz CT molecular complexity index is 1580. The number of hydrogen-bond acceptors (Lipinski definition) is 5. The zero-order valence-corrected chi connectivity index (χ0v) is 25.7. The molecule has 5 rings (SSSR count). The van der Waals surface area contributed by atoms with Crippen molar-refractivity contribution in [2.75, 3.05) is 18.0 Å². The van der Waals surface area contributed by atoms with Crippen LogP contribution in [0.3, 0.4) is 0 Å². The molecule has 1 amide bonds. The van der Waals surface area contributed by atoms with E-state index in [1.54, 1.807) is 6.20 Å². The Morgan fingerprint density at radius 3 is 2.60 bits per heavy atom. The number of carbonyl (C=O) groups excluding carboxylic acids is 1. The van der Waals surface area contributed by atoms with Crippen LogP contribution in [0.15, 0.2) is 83.5 Å². The number of aliphatic carboxylic acids is 1. The van der Waals surface area contributed by atoms with Gasteiger partial charge in [-0.05, 0) is 79.1 Å². The van der Waals surface area contributed by atoms with Crippen molar-refractivity contribution in [1.29, 1.82) is 0 Å². The first-order valence-corrected chi connectivity index (χ1v) is 15.1. The fourth-order valence-corrected chi connectivity index (χ4v) is 6.06. The highest BCUT2D eigenvalue weighted by Gasteiger charge is 2.30. The number of nitrogens with zero attached hydrogens (tertiary/aromatic N) is 4. The monoisotopic (exact) mass is 646 g/mol. The molecule has 216 valence electrons. The Kier molecular flexibility index (Phi) is 9.55. The van der Waals surface area contributed by atoms with Crippen LogP contribution in [0, 0.1) is 6.92 Å². The van der Waals surface area contributed by atoms with E-state index in [-0.39, 0.29) is 12.6 Å². The number of carbonyl (C=O) groups is 2. The number of halogens is 2. The SMILES string of the molecule is Cc1ccccc1CCc1nc(N2CCCC2c2ccc(Cl)cc2)ncc1C(=O)N(CC(=O)O)Cc1cccc(Br)c1. The van der Waals surface area contributed by atoms with E-state index in [0.29, 0.717) is 35.1 Å². The zero-order valence-electron chi connectivity index (χ0n) is 23.3. The van der Waals surface area contributed by atoms with Gasteiger partial charge in [-0.1, -0.05) is 76.1 Å². The van der Waals surface area contributed by atoms with Crippen molar-refractivity contribution in [3.8, 4) is 0 Å². The van der Waals surface area contributed by atoms with Crippen LogP contribution in [-0.2, 0) is 24.2 Å². The third-order valence-corrected chi connectivity index (χ3v) is 8.36. The van der Waals surface area contributed by atoms with E-state index in [0.717, 1.165) is 35.0 Å². The van der Waals surface area contributed by atoms with Crippen LogP contribution in [0.1, 0.15) is 57.2 Å². The van der Waals surface area contributed by atoms with Crippen LogP contribution in [0.5, 0.6) is 0 Å². The average Bonchev–Trinajstić information content (AvgIpc) is 3.46. The molecule has 0 spiro atoms. The number of aromatic nitrogens is 2. The van der Waals surface area contributed by atoms with Crippen molar-refractivity contribution in [3.63, 3.8) is 0 Å². The lowest BCUT2D eigenvalue weighted by atomic mass is 10.0. The normalized spacial score (nSPS) is 14.6. The van der Waals surface area contributed by atoms with Crippen molar-refractivity contribution < 1.29 is 14.7 Å². The maximum absolute atomic E-state index is 14.0. The van der Waals surface area contributed by atoms with Crippen LogP contribution >= 0.6 is 27.5 Å². The molecular formula is C33H32BrClN4O3. The second-order valence-electron chi connectivity index (χ2n) is 10.5. The standard InChI is InChI=1S/C33H32BrClN4O3/c1-22-6-2-3-8-24(22)13-16-29-28(32(42)38(21-31(40)41)20-23-7-4-9-26(34)18-23)19-36-33(37-29)39-17-5-10-30(39)25-11-14-27(35)15-12-25/h2-4,6-9,11-12,14-15,18-19,30H,5,10,13,16-17,20-21H2,1H3,(H,40,41). The van der Waals surface area contributed by atoms with Gasteiger partial charge in [0.15, 0.2) is 0 Å². The van der Waals surface area contributed by atoms with Crippen LogP contribution in [0.25, 0.3) is 0 Å². The van der Waals surface area contributed by atoms with E-state index in [1.165, 1.54) is 16.0 Å². The summed E-state index contributed by atoms with van der Waals surface area (Å²) in [6, 6.07) is 23.6. The van der Waals surface area contributed by atoms with Crippen molar-refractivity contribution in [3.05, 3.63) is 122 Å². The maximum atomic E-state index is 14.0. The summed E-state index contributed by atoms with van der Waals surface area (Å²) in [5.41, 5.74) is 5.24. The number of carboxylic acid groups (broad SMARTS) is 1. The summed E-state index contributed by atoms with van der Waals surface area (Å²) in [6.07, 6.45) is 4.73. The minimum absolute atomic E-state index is 0.105. The highest BCUT2D eigenvalue weighted by atomic mass is 79.9. The Morgan fingerprint density at radius 1 is 1.07 bits per heavy atom. The van der Waals surface area contributed by atoms with Crippen molar-refractivity contribution in [2.45, 2.75) is 45.2 Å². The summed E-state index contributed by atoms with van der Waals surface area (Å²) in [6.45, 7) is 2.58. The van der Waals surface area contributed by atoms with Crippen molar-refractivity contribution in [1.82, 2.24) is 14.9 Å². The summed E-state index contributed by atoms with van der Waals surface area (Å²) in [5, 5.41) is 10.3. The summed E-state index contributed by atoms with van der Waals surface area (Å²) >= 11 is 9.60. The Balaban J connectivity index is 1.49. The van der Waals surface area contributed by atoms with Crippen LogP contribution in [0.2, 0.25) is 5.02 Å². The first kappa shape index (κ1) is 29.7. The fourth-order valence-electron chi connectivity index (χ4n) is 5.48. The largest absolute Gasteiger partial charge is 0.480 e. The summed E-state index contributed by atoms with van der Waals surface area (Å²) in [7, 11) is 0. The van der Waals surface area contributed by atoms with Gasteiger partial charge in [0, 0.05) is 28.8 Å². The van der Waals surface area contributed by atoms with E-state index < -0.39 is 18.4 Å². The van der Waals surface area contributed by atoms with Gasteiger partial charge in [0.25, 0.3) is 5.91 Å². The van der Waals surface area contributed by atoms with Gasteiger partial charge in [-0.15, -0.1) is 0 Å². The molecule has 4 aromatic rings. The zero-order chi connectivity index (χ0) is 29.6. The molecule has 0 bridgehead atoms. The van der Waals surface area contributed by atoms with Gasteiger partial charge in [-0.25, -0.2) is 9.97 Å². The molecule has 3 aromatic carbocycles. The van der Waals surface area contributed by atoms with Gasteiger partial charge in [0.05, 0.1) is 17.3 Å². The molecule has 1 fully saturated rings. The smallest absolute Gasteiger partial charge is 0.323 e. The second kappa shape index (κ2) is 13.5. The minimum Gasteiger partial charge on any atom is -0.480 e. The van der Waals surface area contributed by atoms with Crippen LogP contribution in [0.4, 0.5) is 5.95 Å². The highest BCUT2D eigenvalue weighted by molar-refractivity contribution is 9.10. The predicted octanol–water partition coefficient (Wildman–Crippen LogP) is 7.05. The molecular weight excluding hydrogens is 616 g/mol.